The summed E-state index contributed by atoms with van der Waals surface area (Å²) in [6, 6.07) is 18.9. The van der Waals surface area contributed by atoms with Crippen LogP contribution in [0.15, 0.2) is 66.1 Å². The number of carbonyl (C=O) groups is 1. The van der Waals surface area contributed by atoms with E-state index in [1.807, 2.05) is 21.6 Å². The molecule has 0 bridgehead atoms. The largest absolute Gasteiger partial charge is 0.342 e. The molecule has 0 N–H and O–H groups in total. The zero-order valence-electron chi connectivity index (χ0n) is 16.7. The lowest BCUT2D eigenvalue weighted by Gasteiger charge is -2.32. The number of piperidine rings is 1. The van der Waals surface area contributed by atoms with Crippen LogP contribution in [0.5, 0.6) is 0 Å². The quantitative estimate of drug-likeness (QED) is 0.572. The molecule has 1 aliphatic heterocycles. The van der Waals surface area contributed by atoms with Crippen molar-refractivity contribution in [3.05, 3.63) is 72.1 Å². The van der Waals surface area contributed by atoms with Gasteiger partial charge in [-0.1, -0.05) is 67.2 Å². The minimum Gasteiger partial charge on any atom is -0.342 e. The molecule has 4 rings (SSSR count). The van der Waals surface area contributed by atoms with Crippen LogP contribution in [-0.2, 0) is 11.2 Å². The van der Waals surface area contributed by atoms with Crippen molar-refractivity contribution in [2.75, 3.05) is 18.8 Å². The highest BCUT2D eigenvalue weighted by atomic mass is 32.2. The number of thioether (sulfide) groups is 1. The summed E-state index contributed by atoms with van der Waals surface area (Å²) >= 11 is 1.46. The van der Waals surface area contributed by atoms with Crippen molar-refractivity contribution in [3.63, 3.8) is 0 Å². The molecule has 1 amide bonds. The summed E-state index contributed by atoms with van der Waals surface area (Å²) in [4.78, 5) is 14.7. The minimum absolute atomic E-state index is 0.180. The van der Waals surface area contributed by atoms with Gasteiger partial charge in [-0.3, -0.25) is 9.36 Å². The fourth-order valence-electron chi connectivity index (χ4n) is 3.94. The predicted molar refractivity (Wildman–Crippen MR) is 116 cm³/mol. The number of hydrogen-bond acceptors (Lipinski definition) is 4. The second kappa shape index (κ2) is 9.27. The van der Waals surface area contributed by atoms with E-state index in [1.54, 1.807) is 6.33 Å². The van der Waals surface area contributed by atoms with Crippen LogP contribution in [0.3, 0.4) is 0 Å². The molecule has 0 atom stereocenters. The van der Waals surface area contributed by atoms with E-state index in [4.69, 9.17) is 0 Å². The summed E-state index contributed by atoms with van der Waals surface area (Å²) in [5.41, 5.74) is 3.71. The van der Waals surface area contributed by atoms with Gasteiger partial charge < -0.3 is 4.90 Å². The first kappa shape index (κ1) is 19.7. The van der Waals surface area contributed by atoms with Crippen molar-refractivity contribution in [2.45, 2.75) is 37.3 Å². The Balaban J connectivity index is 1.35. The van der Waals surface area contributed by atoms with Crippen molar-refractivity contribution in [2.24, 2.45) is 0 Å². The van der Waals surface area contributed by atoms with E-state index in [0.29, 0.717) is 11.7 Å². The highest BCUT2D eigenvalue weighted by molar-refractivity contribution is 7.99. The van der Waals surface area contributed by atoms with Crippen LogP contribution in [0.25, 0.3) is 5.69 Å². The first-order chi connectivity index (χ1) is 14.3. The van der Waals surface area contributed by atoms with Crippen LogP contribution in [0.2, 0.25) is 0 Å². The molecule has 1 aromatic heterocycles. The Labute approximate surface area is 176 Å². The predicted octanol–water partition coefficient (Wildman–Crippen LogP) is 4.33. The highest BCUT2D eigenvalue weighted by Crippen LogP contribution is 2.29. The summed E-state index contributed by atoms with van der Waals surface area (Å²) in [6.45, 7) is 3.78. The van der Waals surface area contributed by atoms with Crippen LogP contribution >= 0.6 is 11.8 Å². The summed E-state index contributed by atoms with van der Waals surface area (Å²) in [6.07, 6.45) is 4.72. The average Bonchev–Trinajstić information content (AvgIpc) is 3.26. The highest BCUT2D eigenvalue weighted by Gasteiger charge is 2.24. The number of benzene rings is 2. The van der Waals surface area contributed by atoms with Gasteiger partial charge in [-0.2, -0.15) is 0 Å². The fraction of sp³-hybridized carbons (Fsp3) is 0.348. The van der Waals surface area contributed by atoms with E-state index in [0.717, 1.165) is 43.2 Å². The van der Waals surface area contributed by atoms with Crippen LogP contribution in [0.1, 0.15) is 36.8 Å². The molecule has 6 heteroatoms. The third kappa shape index (κ3) is 4.53. The molecule has 0 spiro atoms. The zero-order valence-corrected chi connectivity index (χ0v) is 17.5. The molecule has 1 fully saturated rings. The summed E-state index contributed by atoms with van der Waals surface area (Å²) in [5, 5.41) is 9.08. The van der Waals surface area contributed by atoms with Crippen molar-refractivity contribution >= 4 is 17.7 Å². The van der Waals surface area contributed by atoms with Gasteiger partial charge in [0.2, 0.25) is 5.91 Å². The van der Waals surface area contributed by atoms with Crippen molar-refractivity contribution < 1.29 is 4.79 Å². The van der Waals surface area contributed by atoms with Crippen molar-refractivity contribution in [3.8, 4) is 5.69 Å². The number of rotatable bonds is 6. The molecule has 2 aromatic carbocycles. The number of nitrogens with zero attached hydrogens (tertiary/aromatic N) is 4. The molecule has 1 aliphatic rings. The van der Waals surface area contributed by atoms with Gasteiger partial charge in [-0.05, 0) is 42.4 Å². The molecule has 0 aliphatic carbocycles. The standard InChI is InChI=1S/C23H26N4OS/c1-2-18-8-6-7-11-21(18)27-17-24-25-23(27)29-16-22(28)26-14-12-20(13-15-26)19-9-4-3-5-10-19/h3-11,17,20H,2,12-16H2,1H3. The Hall–Kier alpha value is -2.60. The molecule has 5 nitrogen and oxygen atoms in total. The van der Waals surface area contributed by atoms with Crippen LogP contribution in [-0.4, -0.2) is 44.4 Å². The van der Waals surface area contributed by atoms with Gasteiger partial charge in [-0.25, -0.2) is 0 Å². The number of amides is 1. The maximum atomic E-state index is 12.8. The summed E-state index contributed by atoms with van der Waals surface area (Å²) in [7, 11) is 0. The van der Waals surface area contributed by atoms with E-state index in [2.05, 4.69) is 59.6 Å². The molecule has 3 aromatic rings. The smallest absolute Gasteiger partial charge is 0.233 e. The lowest BCUT2D eigenvalue weighted by Crippen LogP contribution is -2.39. The van der Waals surface area contributed by atoms with E-state index >= 15 is 0 Å². The molecule has 0 radical (unpaired) electrons. The molecular weight excluding hydrogens is 380 g/mol. The first-order valence-electron chi connectivity index (χ1n) is 10.2. The van der Waals surface area contributed by atoms with E-state index in [-0.39, 0.29) is 5.91 Å². The maximum Gasteiger partial charge on any atom is 0.233 e. The minimum atomic E-state index is 0.180. The SMILES string of the molecule is CCc1ccccc1-n1cnnc1SCC(=O)N1CCC(c2ccccc2)CC1. The third-order valence-electron chi connectivity index (χ3n) is 5.59. The van der Waals surface area contributed by atoms with E-state index < -0.39 is 0 Å². The fourth-order valence-corrected chi connectivity index (χ4v) is 4.76. The van der Waals surface area contributed by atoms with Gasteiger partial charge in [-0.15, -0.1) is 10.2 Å². The molecule has 2 heterocycles. The Morgan fingerprint density at radius 3 is 2.55 bits per heavy atom. The molecular formula is C23H26N4OS. The summed E-state index contributed by atoms with van der Waals surface area (Å²) < 4.78 is 1.98. The van der Waals surface area contributed by atoms with Crippen LogP contribution < -0.4 is 0 Å². The Bertz CT molecular complexity index is 948. The van der Waals surface area contributed by atoms with Crippen molar-refractivity contribution in [1.82, 2.24) is 19.7 Å². The van der Waals surface area contributed by atoms with E-state index in [9.17, 15) is 4.79 Å². The molecule has 150 valence electrons. The topological polar surface area (TPSA) is 51.0 Å². The number of likely N-dealkylation sites (tertiary alicyclic amines) is 1. The van der Waals surface area contributed by atoms with Gasteiger partial charge in [0.15, 0.2) is 5.16 Å². The van der Waals surface area contributed by atoms with Gasteiger partial charge >= 0.3 is 0 Å². The maximum absolute atomic E-state index is 12.8. The second-order valence-corrected chi connectivity index (χ2v) is 8.26. The van der Waals surface area contributed by atoms with Gasteiger partial charge in [0.1, 0.15) is 6.33 Å². The Morgan fingerprint density at radius 2 is 1.79 bits per heavy atom. The lowest BCUT2D eigenvalue weighted by molar-refractivity contribution is -0.129. The van der Waals surface area contributed by atoms with E-state index in [1.165, 1.54) is 22.9 Å². The first-order valence-corrected chi connectivity index (χ1v) is 11.2. The Kier molecular flexibility index (Phi) is 6.30. The van der Waals surface area contributed by atoms with Crippen molar-refractivity contribution in [1.29, 1.82) is 0 Å². The number of aromatic nitrogens is 3. The van der Waals surface area contributed by atoms with Crippen LogP contribution in [0, 0.1) is 0 Å². The van der Waals surface area contributed by atoms with Crippen LogP contribution in [0.4, 0.5) is 0 Å². The lowest BCUT2D eigenvalue weighted by atomic mass is 9.89. The third-order valence-corrected chi connectivity index (χ3v) is 6.52. The normalized spacial score (nSPS) is 14.9. The number of hydrogen-bond donors (Lipinski definition) is 0. The van der Waals surface area contributed by atoms with Gasteiger partial charge in [0.05, 0.1) is 11.4 Å². The second-order valence-electron chi connectivity index (χ2n) is 7.32. The zero-order chi connectivity index (χ0) is 20.1. The molecule has 0 unspecified atom stereocenters. The molecule has 0 saturated carbocycles. The number of carbonyl (C=O) groups excluding carboxylic acids is 1. The monoisotopic (exact) mass is 406 g/mol. The molecule has 29 heavy (non-hydrogen) atoms. The Morgan fingerprint density at radius 1 is 1.07 bits per heavy atom. The van der Waals surface area contributed by atoms with Gasteiger partial charge in [0, 0.05) is 13.1 Å². The summed E-state index contributed by atoms with van der Waals surface area (Å²) in [5.74, 6) is 1.13. The number of para-hydroxylation sites is 1. The molecule has 1 saturated heterocycles. The van der Waals surface area contributed by atoms with Gasteiger partial charge in [0.25, 0.3) is 0 Å². The number of aryl methyl sites for hydroxylation is 1. The average molecular weight is 407 g/mol.